The molecule has 1 aromatic carbocycles. The summed E-state index contributed by atoms with van der Waals surface area (Å²) < 4.78 is 0. The summed E-state index contributed by atoms with van der Waals surface area (Å²) in [5, 5.41) is 3.39. The van der Waals surface area contributed by atoms with Crippen LogP contribution in [0.5, 0.6) is 0 Å². The first-order chi connectivity index (χ1) is 8.81. The molecular weight excluding hydrogens is 222 g/mol. The van der Waals surface area contributed by atoms with Crippen molar-refractivity contribution in [2.24, 2.45) is 4.99 Å². The number of aryl methyl sites for hydroxylation is 1. The Balaban J connectivity index is 2.06. The largest absolute Gasteiger partial charge is 0.357 e. The van der Waals surface area contributed by atoms with E-state index in [1.807, 2.05) is 0 Å². The third-order valence-electron chi connectivity index (χ3n) is 3.40. The molecule has 1 saturated heterocycles. The van der Waals surface area contributed by atoms with E-state index >= 15 is 0 Å². The summed E-state index contributed by atoms with van der Waals surface area (Å²) in [7, 11) is 0. The van der Waals surface area contributed by atoms with Crippen molar-refractivity contribution in [3.63, 3.8) is 0 Å². The minimum atomic E-state index is 0.769. The van der Waals surface area contributed by atoms with E-state index in [9.17, 15) is 0 Å². The van der Waals surface area contributed by atoms with Crippen LogP contribution >= 0.6 is 0 Å². The Morgan fingerprint density at radius 2 is 2.00 bits per heavy atom. The van der Waals surface area contributed by atoms with E-state index in [2.05, 4.69) is 48.3 Å². The number of benzene rings is 1. The van der Waals surface area contributed by atoms with E-state index in [0.717, 1.165) is 32.1 Å². The zero-order valence-corrected chi connectivity index (χ0v) is 11.4. The van der Waals surface area contributed by atoms with E-state index in [0.29, 0.717) is 0 Å². The molecule has 0 unspecified atom stereocenters. The Bertz CT molecular complexity index is 406. The molecule has 1 fully saturated rings. The van der Waals surface area contributed by atoms with E-state index in [4.69, 9.17) is 4.99 Å². The molecule has 1 heterocycles. The highest BCUT2D eigenvalue weighted by atomic mass is 15.3. The van der Waals surface area contributed by atoms with Gasteiger partial charge in [-0.25, -0.2) is 4.99 Å². The molecule has 2 rings (SSSR count). The van der Waals surface area contributed by atoms with Crippen LogP contribution in [-0.4, -0.2) is 30.5 Å². The molecule has 0 aromatic heterocycles. The summed E-state index contributed by atoms with van der Waals surface area (Å²) in [5.41, 5.74) is 2.63. The fourth-order valence-electron chi connectivity index (χ4n) is 2.30. The van der Waals surface area contributed by atoms with Gasteiger partial charge in [0.15, 0.2) is 5.96 Å². The average molecular weight is 245 g/mol. The van der Waals surface area contributed by atoms with Gasteiger partial charge in [0.1, 0.15) is 0 Å². The van der Waals surface area contributed by atoms with Crippen molar-refractivity contribution in [3.8, 4) is 0 Å². The van der Waals surface area contributed by atoms with E-state index in [1.54, 1.807) is 0 Å². The number of nitrogens with zero attached hydrogens (tertiary/aromatic N) is 2. The first-order valence-electron chi connectivity index (χ1n) is 6.89. The van der Waals surface area contributed by atoms with Gasteiger partial charge in [0.05, 0.1) is 6.54 Å². The van der Waals surface area contributed by atoms with Gasteiger partial charge in [-0.3, -0.25) is 0 Å². The maximum absolute atomic E-state index is 4.76. The number of rotatable bonds is 3. The molecule has 0 aliphatic carbocycles. The fourth-order valence-corrected chi connectivity index (χ4v) is 2.30. The minimum absolute atomic E-state index is 0.769. The molecule has 0 bridgehead atoms. The quantitative estimate of drug-likeness (QED) is 0.654. The maximum Gasteiger partial charge on any atom is 0.194 e. The second-order valence-electron chi connectivity index (χ2n) is 4.79. The Morgan fingerprint density at radius 3 is 2.67 bits per heavy atom. The van der Waals surface area contributed by atoms with Gasteiger partial charge < -0.3 is 10.2 Å². The lowest BCUT2D eigenvalue weighted by Crippen LogP contribution is -2.39. The second-order valence-corrected chi connectivity index (χ2v) is 4.79. The molecule has 0 atom stereocenters. The van der Waals surface area contributed by atoms with Crippen molar-refractivity contribution in [2.45, 2.75) is 33.2 Å². The predicted molar refractivity (Wildman–Crippen MR) is 76.8 cm³/mol. The third-order valence-corrected chi connectivity index (χ3v) is 3.40. The molecule has 3 nitrogen and oxygen atoms in total. The lowest BCUT2D eigenvalue weighted by atomic mass is 10.1. The van der Waals surface area contributed by atoms with Crippen LogP contribution in [0.15, 0.2) is 29.3 Å². The van der Waals surface area contributed by atoms with Crippen LogP contribution in [-0.2, 0) is 6.54 Å². The van der Waals surface area contributed by atoms with Crippen LogP contribution < -0.4 is 5.32 Å². The molecule has 0 spiro atoms. The van der Waals surface area contributed by atoms with E-state index in [1.165, 1.54) is 24.0 Å². The number of hydrogen-bond acceptors (Lipinski definition) is 1. The topological polar surface area (TPSA) is 27.6 Å². The van der Waals surface area contributed by atoms with Crippen LogP contribution in [0.1, 0.15) is 30.9 Å². The highest BCUT2D eigenvalue weighted by Gasteiger charge is 2.15. The molecule has 18 heavy (non-hydrogen) atoms. The van der Waals surface area contributed by atoms with Crippen LogP contribution in [0.3, 0.4) is 0 Å². The van der Waals surface area contributed by atoms with Crippen LogP contribution in [0.25, 0.3) is 0 Å². The predicted octanol–water partition coefficient (Wildman–Crippen LogP) is 2.56. The van der Waals surface area contributed by atoms with Gasteiger partial charge in [-0.1, -0.05) is 24.3 Å². The van der Waals surface area contributed by atoms with Crippen molar-refractivity contribution in [1.29, 1.82) is 0 Å². The summed E-state index contributed by atoms with van der Waals surface area (Å²) in [6.07, 6.45) is 2.57. The molecule has 0 amide bonds. The van der Waals surface area contributed by atoms with E-state index in [-0.39, 0.29) is 0 Å². The SMILES string of the molecule is CCNC(=NCc1ccccc1C)N1CCCC1. The summed E-state index contributed by atoms with van der Waals surface area (Å²) in [6, 6.07) is 8.47. The normalized spacial score (nSPS) is 16.1. The fraction of sp³-hybridized carbons (Fsp3) is 0.533. The summed E-state index contributed by atoms with van der Waals surface area (Å²) in [6.45, 7) is 8.25. The maximum atomic E-state index is 4.76. The zero-order chi connectivity index (χ0) is 12.8. The Kier molecular flexibility index (Phi) is 4.62. The van der Waals surface area contributed by atoms with Gasteiger partial charge in [-0.05, 0) is 37.8 Å². The highest BCUT2D eigenvalue weighted by molar-refractivity contribution is 5.80. The van der Waals surface area contributed by atoms with Gasteiger partial charge in [0.25, 0.3) is 0 Å². The first kappa shape index (κ1) is 12.9. The van der Waals surface area contributed by atoms with Crippen molar-refractivity contribution in [3.05, 3.63) is 35.4 Å². The third kappa shape index (κ3) is 3.25. The standard InChI is InChI=1S/C15H23N3/c1-3-16-15(18-10-6-7-11-18)17-12-14-9-5-4-8-13(14)2/h4-5,8-9H,3,6-7,10-12H2,1-2H3,(H,16,17). The molecule has 0 saturated carbocycles. The average Bonchev–Trinajstić information content (AvgIpc) is 2.90. The molecule has 3 heteroatoms. The monoisotopic (exact) mass is 245 g/mol. The Labute approximate surface area is 110 Å². The first-order valence-corrected chi connectivity index (χ1v) is 6.89. The molecule has 98 valence electrons. The van der Waals surface area contributed by atoms with Gasteiger partial charge in [-0.2, -0.15) is 0 Å². The number of nitrogens with one attached hydrogen (secondary N) is 1. The molecular formula is C15H23N3. The van der Waals surface area contributed by atoms with Gasteiger partial charge in [0.2, 0.25) is 0 Å². The van der Waals surface area contributed by atoms with Gasteiger partial charge in [0, 0.05) is 19.6 Å². The number of aliphatic imine (C=N–C) groups is 1. The van der Waals surface area contributed by atoms with Crippen molar-refractivity contribution >= 4 is 5.96 Å². The molecule has 0 radical (unpaired) electrons. The molecule has 1 aliphatic rings. The van der Waals surface area contributed by atoms with Crippen molar-refractivity contribution in [1.82, 2.24) is 10.2 Å². The van der Waals surface area contributed by atoms with Crippen LogP contribution in [0, 0.1) is 6.92 Å². The van der Waals surface area contributed by atoms with Gasteiger partial charge in [-0.15, -0.1) is 0 Å². The second kappa shape index (κ2) is 6.43. The summed E-state index contributed by atoms with van der Waals surface area (Å²) >= 11 is 0. The zero-order valence-electron chi connectivity index (χ0n) is 11.4. The summed E-state index contributed by atoms with van der Waals surface area (Å²) in [5.74, 6) is 1.07. The number of guanidine groups is 1. The molecule has 1 N–H and O–H groups in total. The van der Waals surface area contributed by atoms with Crippen LogP contribution in [0.4, 0.5) is 0 Å². The number of hydrogen-bond donors (Lipinski definition) is 1. The lowest BCUT2D eigenvalue weighted by Gasteiger charge is -2.20. The minimum Gasteiger partial charge on any atom is -0.357 e. The molecule has 1 aliphatic heterocycles. The van der Waals surface area contributed by atoms with Crippen molar-refractivity contribution in [2.75, 3.05) is 19.6 Å². The van der Waals surface area contributed by atoms with Crippen LogP contribution in [0.2, 0.25) is 0 Å². The Morgan fingerprint density at radius 1 is 1.28 bits per heavy atom. The summed E-state index contributed by atoms with van der Waals surface area (Å²) in [4.78, 5) is 7.12. The lowest BCUT2D eigenvalue weighted by molar-refractivity contribution is 0.493. The Hall–Kier alpha value is -1.51. The van der Waals surface area contributed by atoms with Gasteiger partial charge >= 0.3 is 0 Å². The highest BCUT2D eigenvalue weighted by Crippen LogP contribution is 2.11. The smallest absolute Gasteiger partial charge is 0.194 e. The van der Waals surface area contributed by atoms with Crippen molar-refractivity contribution < 1.29 is 0 Å². The molecule has 1 aromatic rings. The van der Waals surface area contributed by atoms with E-state index < -0.39 is 0 Å². The number of likely N-dealkylation sites (tertiary alicyclic amines) is 1.